The first kappa shape index (κ1) is 23.6. The molecule has 1 heterocycles. The summed E-state index contributed by atoms with van der Waals surface area (Å²) in [5.74, 6) is 1.89. The number of rotatable bonds is 10. The zero-order chi connectivity index (χ0) is 18.6. The molecule has 0 saturated heterocycles. The van der Waals surface area contributed by atoms with Crippen molar-refractivity contribution < 1.29 is 9.26 Å². The van der Waals surface area contributed by atoms with E-state index in [0.29, 0.717) is 29.7 Å². The Balaban J connectivity index is 0.00000364. The molecule has 2 N–H and O–H groups in total. The average Bonchev–Trinajstić information content (AvgIpc) is 3.10. The summed E-state index contributed by atoms with van der Waals surface area (Å²) in [5, 5.41) is 11.1. The fourth-order valence-corrected chi connectivity index (χ4v) is 2.42. The standard InChI is InChI=1S/C18H26ClN5O2.HI/c1-3-20-18(21-10-6-12-25-4-2)22-11-9-16-23-17(24-26-16)14-7-5-8-15(19)13-14;/h5,7-8,13H,3-4,6,9-12H2,1-2H3,(H2,20,21,22);1H. The van der Waals surface area contributed by atoms with E-state index in [2.05, 4.69) is 25.8 Å². The average molecular weight is 508 g/mol. The molecule has 2 aromatic rings. The van der Waals surface area contributed by atoms with Gasteiger partial charge in [-0.2, -0.15) is 4.98 Å². The molecule has 0 unspecified atom stereocenters. The van der Waals surface area contributed by atoms with Crippen LogP contribution in [0.4, 0.5) is 0 Å². The van der Waals surface area contributed by atoms with Gasteiger partial charge in [0, 0.05) is 49.9 Å². The van der Waals surface area contributed by atoms with E-state index in [0.717, 1.165) is 44.2 Å². The monoisotopic (exact) mass is 507 g/mol. The smallest absolute Gasteiger partial charge is 0.228 e. The molecule has 1 aromatic carbocycles. The molecule has 9 heteroatoms. The van der Waals surface area contributed by atoms with E-state index in [1.807, 2.05) is 38.1 Å². The number of benzene rings is 1. The molecule has 0 aliphatic carbocycles. The normalized spacial score (nSPS) is 11.1. The van der Waals surface area contributed by atoms with Crippen molar-refractivity contribution in [2.45, 2.75) is 26.7 Å². The fourth-order valence-electron chi connectivity index (χ4n) is 2.23. The Labute approximate surface area is 182 Å². The molecule has 0 aliphatic heterocycles. The number of nitrogens with zero attached hydrogens (tertiary/aromatic N) is 3. The van der Waals surface area contributed by atoms with Gasteiger partial charge in [0.15, 0.2) is 5.96 Å². The second kappa shape index (κ2) is 13.7. The van der Waals surface area contributed by atoms with Crippen LogP contribution in [0.1, 0.15) is 26.2 Å². The van der Waals surface area contributed by atoms with Gasteiger partial charge < -0.3 is 19.9 Å². The summed E-state index contributed by atoms with van der Waals surface area (Å²) in [7, 11) is 0. The number of halogens is 2. The maximum Gasteiger partial charge on any atom is 0.228 e. The van der Waals surface area contributed by atoms with Crippen molar-refractivity contribution >= 4 is 41.5 Å². The van der Waals surface area contributed by atoms with Crippen LogP contribution in [-0.4, -0.2) is 48.9 Å². The van der Waals surface area contributed by atoms with E-state index in [9.17, 15) is 0 Å². The lowest BCUT2D eigenvalue weighted by molar-refractivity contribution is 0.146. The Bertz CT molecular complexity index is 696. The number of aliphatic imine (C=N–C) groups is 1. The van der Waals surface area contributed by atoms with Gasteiger partial charge in [0.2, 0.25) is 11.7 Å². The highest BCUT2D eigenvalue weighted by atomic mass is 127. The topological polar surface area (TPSA) is 84.6 Å². The van der Waals surface area contributed by atoms with E-state index in [1.54, 1.807) is 0 Å². The molecular weight excluding hydrogens is 481 g/mol. The first-order valence-electron chi connectivity index (χ1n) is 8.91. The van der Waals surface area contributed by atoms with E-state index >= 15 is 0 Å². The first-order valence-corrected chi connectivity index (χ1v) is 9.29. The summed E-state index contributed by atoms with van der Waals surface area (Å²) < 4.78 is 10.6. The molecule has 0 spiro atoms. The minimum Gasteiger partial charge on any atom is -0.382 e. The number of ether oxygens (including phenoxy) is 1. The van der Waals surface area contributed by atoms with Gasteiger partial charge in [-0.25, -0.2) is 0 Å². The summed E-state index contributed by atoms with van der Waals surface area (Å²) in [6.07, 6.45) is 1.51. The van der Waals surface area contributed by atoms with Crippen molar-refractivity contribution in [2.24, 2.45) is 4.99 Å². The molecule has 0 radical (unpaired) electrons. The van der Waals surface area contributed by atoms with Gasteiger partial charge >= 0.3 is 0 Å². The van der Waals surface area contributed by atoms with Crippen LogP contribution in [0, 0.1) is 0 Å². The highest BCUT2D eigenvalue weighted by Gasteiger charge is 2.09. The molecule has 150 valence electrons. The second-order valence-electron chi connectivity index (χ2n) is 5.51. The highest BCUT2D eigenvalue weighted by Crippen LogP contribution is 2.19. The number of guanidine groups is 1. The lowest BCUT2D eigenvalue weighted by atomic mass is 10.2. The van der Waals surface area contributed by atoms with Gasteiger partial charge in [-0.1, -0.05) is 28.9 Å². The van der Waals surface area contributed by atoms with E-state index in [1.165, 1.54) is 0 Å². The number of nitrogens with one attached hydrogen (secondary N) is 2. The zero-order valence-corrected chi connectivity index (χ0v) is 18.8. The van der Waals surface area contributed by atoms with Crippen LogP contribution in [0.15, 0.2) is 33.8 Å². The predicted octanol–water partition coefficient (Wildman–Crippen LogP) is 3.53. The molecule has 0 saturated carbocycles. The van der Waals surface area contributed by atoms with Crippen molar-refractivity contribution in [3.8, 4) is 11.4 Å². The molecular formula is C18H27ClIN5O2. The third-order valence-electron chi connectivity index (χ3n) is 3.45. The highest BCUT2D eigenvalue weighted by molar-refractivity contribution is 14.0. The second-order valence-corrected chi connectivity index (χ2v) is 5.95. The molecule has 27 heavy (non-hydrogen) atoms. The van der Waals surface area contributed by atoms with Crippen LogP contribution in [-0.2, 0) is 11.2 Å². The Morgan fingerprint density at radius 2 is 2.15 bits per heavy atom. The zero-order valence-electron chi connectivity index (χ0n) is 15.7. The lowest BCUT2D eigenvalue weighted by Crippen LogP contribution is -2.38. The Morgan fingerprint density at radius 1 is 1.30 bits per heavy atom. The van der Waals surface area contributed by atoms with Gasteiger partial charge in [0.25, 0.3) is 0 Å². The quantitative estimate of drug-likeness (QED) is 0.222. The van der Waals surface area contributed by atoms with Gasteiger partial charge in [0.1, 0.15) is 0 Å². The minimum absolute atomic E-state index is 0. The Kier molecular flexibility index (Phi) is 12.0. The first-order chi connectivity index (χ1) is 12.7. The molecule has 0 atom stereocenters. The van der Waals surface area contributed by atoms with Crippen molar-refractivity contribution in [2.75, 3.05) is 32.8 Å². The summed E-state index contributed by atoms with van der Waals surface area (Å²) in [6, 6.07) is 7.38. The van der Waals surface area contributed by atoms with Crippen molar-refractivity contribution in [3.63, 3.8) is 0 Å². The van der Waals surface area contributed by atoms with Crippen LogP contribution in [0.3, 0.4) is 0 Å². The van der Waals surface area contributed by atoms with Gasteiger partial charge in [-0.05, 0) is 32.4 Å². The maximum atomic E-state index is 6.00. The molecule has 1 aromatic heterocycles. The molecule has 0 fully saturated rings. The number of aromatic nitrogens is 2. The Hall–Kier alpha value is -1.39. The summed E-state index contributed by atoms with van der Waals surface area (Å²) in [6.45, 7) is 7.66. The summed E-state index contributed by atoms with van der Waals surface area (Å²) in [4.78, 5) is 8.92. The molecule has 0 bridgehead atoms. The molecule has 0 aliphatic rings. The maximum absolute atomic E-state index is 6.00. The van der Waals surface area contributed by atoms with Crippen molar-refractivity contribution in [1.29, 1.82) is 0 Å². The Morgan fingerprint density at radius 3 is 2.89 bits per heavy atom. The molecule has 2 rings (SSSR count). The predicted molar refractivity (Wildman–Crippen MR) is 119 cm³/mol. The van der Waals surface area contributed by atoms with E-state index in [-0.39, 0.29) is 24.0 Å². The van der Waals surface area contributed by atoms with Crippen molar-refractivity contribution in [3.05, 3.63) is 35.2 Å². The fraction of sp³-hybridized carbons (Fsp3) is 0.500. The van der Waals surface area contributed by atoms with Crippen LogP contribution in [0.2, 0.25) is 5.02 Å². The van der Waals surface area contributed by atoms with Gasteiger partial charge in [-0.3, -0.25) is 4.99 Å². The van der Waals surface area contributed by atoms with E-state index in [4.69, 9.17) is 20.9 Å². The summed E-state index contributed by atoms with van der Waals surface area (Å²) >= 11 is 6.00. The summed E-state index contributed by atoms with van der Waals surface area (Å²) in [5.41, 5.74) is 0.838. The largest absolute Gasteiger partial charge is 0.382 e. The van der Waals surface area contributed by atoms with Crippen LogP contribution in [0.5, 0.6) is 0 Å². The van der Waals surface area contributed by atoms with Crippen LogP contribution in [0.25, 0.3) is 11.4 Å². The SMILES string of the molecule is CCNC(=NCCCOCC)NCCc1nc(-c2cccc(Cl)c2)no1.I. The third kappa shape index (κ3) is 8.89. The van der Waals surface area contributed by atoms with Crippen molar-refractivity contribution in [1.82, 2.24) is 20.8 Å². The molecule has 7 nitrogen and oxygen atoms in total. The van der Waals surface area contributed by atoms with Crippen LogP contribution >= 0.6 is 35.6 Å². The van der Waals surface area contributed by atoms with Crippen LogP contribution < -0.4 is 10.6 Å². The molecule has 0 amide bonds. The van der Waals surface area contributed by atoms with Gasteiger partial charge in [0.05, 0.1) is 0 Å². The van der Waals surface area contributed by atoms with E-state index < -0.39 is 0 Å². The lowest BCUT2D eigenvalue weighted by Gasteiger charge is -2.10. The minimum atomic E-state index is 0. The number of hydrogen-bond acceptors (Lipinski definition) is 5. The van der Waals surface area contributed by atoms with Gasteiger partial charge in [-0.15, -0.1) is 24.0 Å². The number of hydrogen-bond donors (Lipinski definition) is 2. The third-order valence-corrected chi connectivity index (χ3v) is 3.68.